The highest BCUT2D eigenvalue weighted by atomic mass is 32.2. The van der Waals surface area contributed by atoms with Crippen molar-refractivity contribution in [3.63, 3.8) is 0 Å². The summed E-state index contributed by atoms with van der Waals surface area (Å²) in [6, 6.07) is 14.8. The smallest absolute Gasteiger partial charge is 0.325 e. The molecule has 8 heteroatoms. The van der Waals surface area contributed by atoms with E-state index < -0.39 is 12.1 Å². The molecule has 1 aliphatic heterocycles. The van der Waals surface area contributed by atoms with Gasteiger partial charge in [0, 0.05) is 40.7 Å². The number of aryl methyl sites for hydroxylation is 1. The minimum Gasteiger partial charge on any atom is -0.361 e. The molecular formula is C23H24N4O3S. The molecule has 0 bridgehead atoms. The summed E-state index contributed by atoms with van der Waals surface area (Å²) in [4.78, 5) is 42.5. The highest BCUT2D eigenvalue weighted by molar-refractivity contribution is 7.99. The first-order valence-electron chi connectivity index (χ1n) is 10.1. The molecule has 4 rings (SSSR count). The van der Waals surface area contributed by atoms with Crippen molar-refractivity contribution in [2.75, 3.05) is 18.8 Å². The molecule has 0 aliphatic carbocycles. The van der Waals surface area contributed by atoms with Crippen LogP contribution in [0.15, 0.2) is 59.6 Å². The van der Waals surface area contributed by atoms with Crippen molar-refractivity contribution in [2.24, 2.45) is 0 Å². The Morgan fingerprint density at radius 3 is 2.71 bits per heavy atom. The second kappa shape index (κ2) is 9.26. The Labute approximate surface area is 184 Å². The van der Waals surface area contributed by atoms with Crippen LogP contribution in [0.5, 0.6) is 0 Å². The maximum absolute atomic E-state index is 12.7. The zero-order valence-electron chi connectivity index (χ0n) is 17.2. The lowest BCUT2D eigenvalue weighted by Gasteiger charge is -2.13. The van der Waals surface area contributed by atoms with Gasteiger partial charge in [-0.2, -0.15) is 0 Å². The van der Waals surface area contributed by atoms with Crippen molar-refractivity contribution < 1.29 is 14.4 Å². The summed E-state index contributed by atoms with van der Waals surface area (Å²) < 4.78 is 0. The van der Waals surface area contributed by atoms with Gasteiger partial charge < -0.3 is 15.6 Å². The SMILES string of the molecule is Cc1ccc(SCCNC(=O)CN2C(=O)N[C@@H](Cc3c[nH]c4ccccc34)C2=O)cc1. The Hall–Kier alpha value is -3.26. The molecule has 0 spiro atoms. The number of H-pyrrole nitrogens is 1. The van der Waals surface area contributed by atoms with Crippen molar-refractivity contribution in [3.8, 4) is 0 Å². The van der Waals surface area contributed by atoms with Crippen LogP contribution in [-0.4, -0.2) is 52.6 Å². The lowest BCUT2D eigenvalue weighted by molar-refractivity contribution is -0.132. The van der Waals surface area contributed by atoms with Crippen molar-refractivity contribution in [3.05, 3.63) is 65.9 Å². The van der Waals surface area contributed by atoms with Crippen LogP contribution in [0.4, 0.5) is 4.79 Å². The van der Waals surface area contributed by atoms with Gasteiger partial charge in [0.2, 0.25) is 5.91 Å². The van der Waals surface area contributed by atoms with E-state index in [1.165, 1.54) is 5.56 Å². The first-order chi connectivity index (χ1) is 15.0. The number of hydrogen-bond acceptors (Lipinski definition) is 4. The van der Waals surface area contributed by atoms with Crippen molar-refractivity contribution in [2.45, 2.75) is 24.3 Å². The third kappa shape index (κ3) is 4.91. The number of aromatic amines is 1. The van der Waals surface area contributed by atoms with E-state index in [9.17, 15) is 14.4 Å². The second-order valence-electron chi connectivity index (χ2n) is 7.50. The van der Waals surface area contributed by atoms with Gasteiger partial charge in [-0.15, -0.1) is 11.8 Å². The van der Waals surface area contributed by atoms with Crippen LogP contribution in [-0.2, 0) is 16.0 Å². The topological polar surface area (TPSA) is 94.3 Å². The zero-order valence-corrected chi connectivity index (χ0v) is 18.0. The summed E-state index contributed by atoms with van der Waals surface area (Å²) in [7, 11) is 0. The molecule has 1 saturated heterocycles. The first kappa shape index (κ1) is 21.0. The van der Waals surface area contributed by atoms with Gasteiger partial charge in [0.1, 0.15) is 12.6 Å². The molecule has 0 radical (unpaired) electrons. The number of nitrogens with zero attached hydrogens (tertiary/aromatic N) is 1. The average Bonchev–Trinajstić information content (AvgIpc) is 3.29. The van der Waals surface area contributed by atoms with E-state index in [-0.39, 0.29) is 18.4 Å². The highest BCUT2D eigenvalue weighted by Gasteiger charge is 2.39. The van der Waals surface area contributed by atoms with Gasteiger partial charge in [0.05, 0.1) is 0 Å². The van der Waals surface area contributed by atoms with Gasteiger partial charge in [-0.1, -0.05) is 35.9 Å². The Morgan fingerprint density at radius 2 is 1.90 bits per heavy atom. The second-order valence-corrected chi connectivity index (χ2v) is 8.67. The molecule has 0 unspecified atom stereocenters. The van der Waals surface area contributed by atoms with E-state index >= 15 is 0 Å². The van der Waals surface area contributed by atoms with Gasteiger partial charge in [-0.05, 0) is 30.7 Å². The quantitative estimate of drug-likeness (QED) is 0.288. The van der Waals surface area contributed by atoms with Crippen LogP contribution in [0, 0.1) is 6.92 Å². The number of thioether (sulfide) groups is 1. The molecule has 0 saturated carbocycles. The van der Waals surface area contributed by atoms with Gasteiger partial charge in [0.15, 0.2) is 0 Å². The van der Waals surface area contributed by atoms with Crippen molar-refractivity contribution in [1.82, 2.24) is 20.5 Å². The maximum Gasteiger partial charge on any atom is 0.325 e. The average molecular weight is 437 g/mol. The number of urea groups is 1. The fourth-order valence-corrected chi connectivity index (χ4v) is 4.35. The lowest BCUT2D eigenvalue weighted by Crippen LogP contribution is -2.41. The molecular weight excluding hydrogens is 412 g/mol. The van der Waals surface area contributed by atoms with Crippen LogP contribution in [0.3, 0.4) is 0 Å². The number of rotatable bonds is 8. The molecule has 7 nitrogen and oxygen atoms in total. The van der Waals surface area contributed by atoms with E-state index in [4.69, 9.17) is 0 Å². The van der Waals surface area contributed by atoms with Crippen molar-refractivity contribution >= 4 is 40.5 Å². The van der Waals surface area contributed by atoms with Gasteiger partial charge in [-0.3, -0.25) is 14.5 Å². The number of benzene rings is 2. The van der Waals surface area contributed by atoms with Crippen LogP contribution in [0.25, 0.3) is 10.9 Å². The Kier molecular flexibility index (Phi) is 6.27. The molecule has 1 aliphatic rings. The van der Waals surface area contributed by atoms with Crippen LogP contribution >= 0.6 is 11.8 Å². The molecule has 3 aromatic rings. The monoisotopic (exact) mass is 436 g/mol. The summed E-state index contributed by atoms with van der Waals surface area (Å²) in [5.41, 5.74) is 3.14. The predicted molar refractivity (Wildman–Crippen MR) is 121 cm³/mol. The van der Waals surface area contributed by atoms with E-state index in [2.05, 4.69) is 15.6 Å². The van der Waals surface area contributed by atoms with Crippen LogP contribution in [0.1, 0.15) is 11.1 Å². The molecule has 31 heavy (non-hydrogen) atoms. The summed E-state index contributed by atoms with van der Waals surface area (Å²) in [5.74, 6) is -0.0155. The molecule has 1 atom stereocenters. The van der Waals surface area contributed by atoms with Crippen molar-refractivity contribution in [1.29, 1.82) is 0 Å². The van der Waals surface area contributed by atoms with Gasteiger partial charge >= 0.3 is 6.03 Å². The molecule has 4 amide bonds. The Balaban J connectivity index is 1.26. The summed E-state index contributed by atoms with van der Waals surface area (Å²) in [5, 5.41) is 6.49. The number of carbonyl (C=O) groups excluding carboxylic acids is 3. The Bertz CT molecular complexity index is 1110. The predicted octanol–water partition coefficient (Wildman–Crippen LogP) is 2.85. The number of amides is 4. The first-order valence-corrected chi connectivity index (χ1v) is 11.1. The number of fused-ring (bicyclic) bond motifs is 1. The third-order valence-corrected chi connectivity index (χ3v) is 6.24. The van der Waals surface area contributed by atoms with Gasteiger partial charge in [0.25, 0.3) is 5.91 Å². The molecule has 1 fully saturated rings. The Morgan fingerprint density at radius 1 is 1.13 bits per heavy atom. The molecule has 160 valence electrons. The summed E-state index contributed by atoms with van der Waals surface area (Å²) in [6.07, 6.45) is 2.23. The van der Waals surface area contributed by atoms with Crippen LogP contribution < -0.4 is 10.6 Å². The lowest BCUT2D eigenvalue weighted by atomic mass is 10.1. The fraction of sp³-hybridized carbons (Fsp3) is 0.261. The molecule has 3 N–H and O–H groups in total. The maximum atomic E-state index is 12.7. The van der Waals surface area contributed by atoms with Gasteiger partial charge in [-0.25, -0.2) is 4.79 Å². The van der Waals surface area contributed by atoms with E-state index in [1.807, 2.05) is 61.7 Å². The summed E-state index contributed by atoms with van der Waals surface area (Å²) >= 11 is 1.64. The standard InChI is InChI=1S/C23H24N4O3S/c1-15-6-8-17(9-7-15)31-11-10-24-21(28)14-27-22(29)20(26-23(27)30)12-16-13-25-19-5-3-2-4-18(16)19/h2-9,13,20,25H,10-12,14H2,1H3,(H,24,28)(H,26,30)/t20-/m0/s1. The number of carbonyl (C=O) groups is 3. The highest BCUT2D eigenvalue weighted by Crippen LogP contribution is 2.21. The molecule has 2 aromatic carbocycles. The number of imide groups is 1. The minimum atomic E-state index is -0.670. The summed E-state index contributed by atoms with van der Waals surface area (Å²) in [6.45, 7) is 2.22. The van der Waals surface area contributed by atoms with E-state index in [0.717, 1.165) is 26.3 Å². The van der Waals surface area contributed by atoms with Crippen LogP contribution in [0.2, 0.25) is 0 Å². The fourth-order valence-electron chi connectivity index (χ4n) is 3.58. The molecule has 1 aromatic heterocycles. The zero-order chi connectivity index (χ0) is 21.8. The minimum absolute atomic E-state index is 0.274. The number of hydrogen-bond donors (Lipinski definition) is 3. The number of aromatic nitrogens is 1. The largest absolute Gasteiger partial charge is 0.361 e. The number of para-hydroxylation sites is 1. The van der Waals surface area contributed by atoms with E-state index in [0.29, 0.717) is 18.7 Å². The molecule has 2 heterocycles. The number of nitrogens with one attached hydrogen (secondary N) is 3. The third-order valence-electron chi connectivity index (χ3n) is 5.22. The normalized spacial score (nSPS) is 16.0. The van der Waals surface area contributed by atoms with E-state index in [1.54, 1.807) is 11.8 Å².